The Morgan fingerprint density at radius 1 is 1.06 bits per heavy atom. The lowest BCUT2D eigenvalue weighted by Gasteiger charge is -2.26. The number of aromatic nitrogens is 4. The van der Waals surface area contributed by atoms with E-state index in [4.69, 9.17) is 4.74 Å². The average molecular weight is 487 g/mol. The number of imidazole rings is 1. The highest BCUT2D eigenvalue weighted by molar-refractivity contribution is 7.89. The van der Waals surface area contributed by atoms with Crippen LogP contribution in [0.4, 0.5) is 16.0 Å². The van der Waals surface area contributed by atoms with E-state index in [2.05, 4.69) is 20.3 Å². The van der Waals surface area contributed by atoms with Crippen molar-refractivity contribution >= 4 is 21.7 Å². The summed E-state index contributed by atoms with van der Waals surface area (Å²) in [7, 11) is -3.48. The zero-order chi connectivity index (χ0) is 23.7. The van der Waals surface area contributed by atoms with E-state index in [0.717, 1.165) is 37.7 Å². The number of hydrogen-bond acceptors (Lipinski definition) is 7. The van der Waals surface area contributed by atoms with Gasteiger partial charge in [-0.25, -0.2) is 27.8 Å². The van der Waals surface area contributed by atoms with Crippen molar-refractivity contribution in [3.05, 3.63) is 48.3 Å². The molecular weight excluding hydrogens is 459 g/mol. The predicted octanol–water partition coefficient (Wildman–Crippen LogP) is 3.67. The number of nitrogens with zero attached hydrogens (tertiary/aromatic N) is 5. The van der Waals surface area contributed by atoms with Gasteiger partial charge in [0.2, 0.25) is 16.0 Å². The van der Waals surface area contributed by atoms with Gasteiger partial charge < -0.3 is 14.6 Å². The number of hydrogen-bond donors (Lipinski definition) is 1. The van der Waals surface area contributed by atoms with Crippen LogP contribution in [-0.2, 0) is 14.8 Å². The van der Waals surface area contributed by atoms with Crippen LogP contribution < -0.4 is 5.32 Å². The van der Waals surface area contributed by atoms with E-state index >= 15 is 0 Å². The topological polar surface area (TPSA) is 102 Å². The van der Waals surface area contributed by atoms with Crippen LogP contribution in [0, 0.1) is 12.7 Å². The second-order valence-electron chi connectivity index (χ2n) is 8.55. The summed E-state index contributed by atoms with van der Waals surface area (Å²) in [6.07, 6.45) is 6.20. The van der Waals surface area contributed by atoms with Crippen LogP contribution in [0.1, 0.15) is 37.5 Å². The summed E-state index contributed by atoms with van der Waals surface area (Å²) in [5, 5.41) is 3.05. The second kappa shape index (κ2) is 9.40. The number of nitrogens with one attached hydrogen (secondary N) is 1. The largest absolute Gasteiger partial charge is 0.381 e. The first-order chi connectivity index (χ1) is 16.4. The summed E-state index contributed by atoms with van der Waals surface area (Å²) in [6, 6.07) is 6.60. The molecular formula is C23H27FN6O3S. The molecule has 5 rings (SSSR count). The van der Waals surface area contributed by atoms with Crippen molar-refractivity contribution in [3.63, 3.8) is 0 Å². The van der Waals surface area contributed by atoms with E-state index in [-0.39, 0.29) is 22.6 Å². The average Bonchev–Trinajstić information content (AvgIpc) is 3.52. The fraction of sp³-hybridized carbons (Fsp3) is 0.435. The second-order valence-corrected chi connectivity index (χ2v) is 10.5. The van der Waals surface area contributed by atoms with E-state index in [1.165, 1.54) is 4.31 Å². The Kier molecular flexibility index (Phi) is 6.32. The minimum Gasteiger partial charge on any atom is -0.381 e. The number of halogens is 1. The van der Waals surface area contributed by atoms with Gasteiger partial charge >= 0.3 is 0 Å². The number of aryl methyl sites for hydroxylation is 1. The number of sulfonamides is 1. The highest BCUT2D eigenvalue weighted by Crippen LogP contribution is 2.31. The van der Waals surface area contributed by atoms with E-state index in [9.17, 15) is 12.8 Å². The maximum absolute atomic E-state index is 14.8. The van der Waals surface area contributed by atoms with Crippen LogP contribution in [0.2, 0.25) is 0 Å². The Labute approximate surface area is 198 Å². The SMILES string of the molecule is Cc1ncc(-c2nc(Nc3ccc(S(=O)(=O)N4CCCC4)cc3)ncc2F)n1C1CCOCC1. The summed E-state index contributed by atoms with van der Waals surface area (Å²) in [5.74, 6) is 0.471. The van der Waals surface area contributed by atoms with Gasteiger partial charge in [0.25, 0.3) is 0 Å². The van der Waals surface area contributed by atoms with Crippen LogP contribution in [0.25, 0.3) is 11.4 Å². The quantitative estimate of drug-likeness (QED) is 0.567. The molecule has 1 aromatic carbocycles. The monoisotopic (exact) mass is 486 g/mol. The van der Waals surface area contributed by atoms with Gasteiger partial charge in [0.05, 0.1) is 23.0 Å². The lowest BCUT2D eigenvalue weighted by atomic mass is 10.1. The first kappa shape index (κ1) is 22.9. The molecule has 11 heteroatoms. The molecule has 0 amide bonds. The molecule has 4 heterocycles. The standard InChI is InChI=1S/C23H27FN6O3S/c1-16-25-15-21(30(16)18-8-12-33-13-9-18)22-20(24)14-26-23(28-22)27-17-4-6-19(7-5-17)34(31,32)29-10-2-3-11-29/h4-7,14-15,18H,2-3,8-13H2,1H3,(H,26,27,28). The molecule has 2 fully saturated rings. The molecule has 180 valence electrons. The molecule has 2 aliphatic heterocycles. The zero-order valence-corrected chi connectivity index (χ0v) is 19.8. The Morgan fingerprint density at radius 3 is 2.47 bits per heavy atom. The maximum atomic E-state index is 14.8. The normalized spacial score (nSPS) is 17.8. The van der Waals surface area contributed by atoms with Crippen molar-refractivity contribution in [1.82, 2.24) is 23.8 Å². The highest BCUT2D eigenvalue weighted by atomic mass is 32.2. The van der Waals surface area contributed by atoms with Crippen molar-refractivity contribution in [1.29, 1.82) is 0 Å². The van der Waals surface area contributed by atoms with Crippen molar-refractivity contribution in [3.8, 4) is 11.4 Å². The molecule has 0 saturated carbocycles. The summed E-state index contributed by atoms with van der Waals surface area (Å²) >= 11 is 0. The number of rotatable bonds is 6. The summed E-state index contributed by atoms with van der Waals surface area (Å²) in [5.41, 5.74) is 1.37. The van der Waals surface area contributed by atoms with Crippen LogP contribution >= 0.6 is 0 Å². The molecule has 1 N–H and O–H groups in total. The van der Waals surface area contributed by atoms with Gasteiger partial charge in [0.1, 0.15) is 11.5 Å². The lowest BCUT2D eigenvalue weighted by Crippen LogP contribution is -2.27. The highest BCUT2D eigenvalue weighted by Gasteiger charge is 2.27. The first-order valence-corrected chi connectivity index (χ1v) is 12.9. The van der Waals surface area contributed by atoms with Gasteiger partial charge in [-0.15, -0.1) is 0 Å². The van der Waals surface area contributed by atoms with Crippen LogP contribution in [0.15, 0.2) is 41.6 Å². The van der Waals surface area contributed by atoms with Crippen molar-refractivity contribution in [2.45, 2.75) is 43.5 Å². The number of ether oxygens (including phenoxy) is 1. The number of anilines is 2. The van der Waals surface area contributed by atoms with E-state index in [1.807, 2.05) is 11.5 Å². The van der Waals surface area contributed by atoms with Gasteiger partial charge in [-0.05, 0) is 56.9 Å². The summed E-state index contributed by atoms with van der Waals surface area (Å²) < 4.78 is 49.3. The predicted molar refractivity (Wildman–Crippen MR) is 125 cm³/mol. The minimum absolute atomic E-state index is 0.165. The van der Waals surface area contributed by atoms with Crippen molar-refractivity contribution in [2.24, 2.45) is 0 Å². The zero-order valence-electron chi connectivity index (χ0n) is 18.9. The molecule has 3 aromatic rings. The summed E-state index contributed by atoms with van der Waals surface area (Å²) in [4.78, 5) is 13.1. The Balaban J connectivity index is 1.39. The molecule has 2 aliphatic rings. The molecule has 34 heavy (non-hydrogen) atoms. The molecule has 9 nitrogen and oxygen atoms in total. The third-order valence-corrected chi connectivity index (χ3v) is 8.25. The minimum atomic E-state index is -3.48. The van der Waals surface area contributed by atoms with E-state index < -0.39 is 15.8 Å². The molecule has 0 bridgehead atoms. The Morgan fingerprint density at radius 2 is 1.76 bits per heavy atom. The molecule has 0 unspecified atom stereocenters. The maximum Gasteiger partial charge on any atom is 0.243 e. The Bertz CT molecular complexity index is 1270. The van der Waals surface area contributed by atoms with Gasteiger partial charge in [-0.1, -0.05) is 0 Å². The molecule has 0 radical (unpaired) electrons. The Hall–Kier alpha value is -2.89. The van der Waals surface area contributed by atoms with Gasteiger partial charge in [-0.2, -0.15) is 4.31 Å². The molecule has 2 aromatic heterocycles. The number of benzene rings is 1. The lowest BCUT2D eigenvalue weighted by molar-refractivity contribution is 0.0694. The van der Waals surface area contributed by atoms with Crippen molar-refractivity contribution in [2.75, 3.05) is 31.6 Å². The first-order valence-electron chi connectivity index (χ1n) is 11.5. The summed E-state index contributed by atoms with van der Waals surface area (Å²) in [6.45, 7) is 4.32. The fourth-order valence-corrected chi connectivity index (χ4v) is 6.07. The smallest absolute Gasteiger partial charge is 0.243 e. The van der Waals surface area contributed by atoms with E-state index in [1.54, 1.807) is 30.5 Å². The molecule has 2 saturated heterocycles. The van der Waals surface area contributed by atoms with Crippen LogP contribution in [0.3, 0.4) is 0 Å². The van der Waals surface area contributed by atoms with Gasteiger partial charge in [0.15, 0.2) is 5.82 Å². The van der Waals surface area contributed by atoms with Gasteiger partial charge in [-0.3, -0.25) is 0 Å². The van der Waals surface area contributed by atoms with Crippen LogP contribution in [0.5, 0.6) is 0 Å². The van der Waals surface area contributed by atoms with Crippen LogP contribution in [-0.4, -0.2) is 58.5 Å². The fourth-order valence-electron chi connectivity index (χ4n) is 4.56. The van der Waals surface area contributed by atoms with Crippen molar-refractivity contribution < 1.29 is 17.5 Å². The molecule has 0 aliphatic carbocycles. The third-order valence-electron chi connectivity index (χ3n) is 6.34. The van der Waals surface area contributed by atoms with E-state index in [0.29, 0.717) is 37.7 Å². The van der Waals surface area contributed by atoms with Gasteiger partial charge in [0, 0.05) is 38.0 Å². The third kappa shape index (κ3) is 4.42. The molecule has 0 spiro atoms. The molecule has 0 atom stereocenters.